The van der Waals surface area contributed by atoms with Gasteiger partial charge in [-0.05, 0) is 43.2 Å². The van der Waals surface area contributed by atoms with E-state index in [0.717, 1.165) is 12.8 Å². The monoisotopic (exact) mass is 354 g/mol. The van der Waals surface area contributed by atoms with Crippen LogP contribution in [-0.4, -0.2) is 25.5 Å². The van der Waals surface area contributed by atoms with E-state index in [1.54, 1.807) is 43.5 Å². The van der Waals surface area contributed by atoms with Crippen LogP contribution in [0.15, 0.2) is 48.5 Å². The molecule has 1 aliphatic carbocycles. The van der Waals surface area contributed by atoms with Crippen molar-refractivity contribution in [1.82, 2.24) is 0 Å². The third-order valence-corrected chi connectivity index (χ3v) is 4.02. The summed E-state index contributed by atoms with van der Waals surface area (Å²) >= 11 is 0. The number of methoxy groups -OCH3 is 1. The van der Waals surface area contributed by atoms with Gasteiger partial charge in [0.25, 0.3) is 0 Å². The normalized spacial score (nSPS) is 13.0. The van der Waals surface area contributed by atoms with E-state index in [4.69, 9.17) is 9.47 Å². The Morgan fingerprint density at radius 2 is 1.69 bits per heavy atom. The molecular formula is C20H22N2O4. The molecular weight excluding hydrogens is 332 g/mol. The standard InChI is InChI=1S/C20H22N2O4/c1-25-17-7-2-3-8-18(17)26-12-11-19(23)21-15-5-4-6-16(13-15)22-20(24)14-9-10-14/h2-8,13-14H,9-12H2,1H3,(H,21,23)(H,22,24). The number of carbonyl (C=O) groups excluding carboxylic acids is 2. The van der Waals surface area contributed by atoms with Crippen LogP contribution in [-0.2, 0) is 9.59 Å². The molecule has 0 unspecified atom stereocenters. The SMILES string of the molecule is COc1ccccc1OCCC(=O)Nc1cccc(NC(=O)C2CC2)c1. The zero-order valence-electron chi connectivity index (χ0n) is 14.7. The maximum Gasteiger partial charge on any atom is 0.227 e. The van der Waals surface area contributed by atoms with E-state index >= 15 is 0 Å². The summed E-state index contributed by atoms with van der Waals surface area (Å²) in [7, 11) is 1.57. The Bertz CT molecular complexity index is 787. The molecule has 0 aromatic heterocycles. The van der Waals surface area contributed by atoms with Gasteiger partial charge < -0.3 is 20.1 Å². The number of rotatable bonds is 8. The maximum absolute atomic E-state index is 12.1. The molecule has 0 heterocycles. The van der Waals surface area contributed by atoms with Gasteiger partial charge in [-0.25, -0.2) is 0 Å². The number of hydrogen-bond acceptors (Lipinski definition) is 4. The van der Waals surface area contributed by atoms with E-state index in [9.17, 15) is 9.59 Å². The summed E-state index contributed by atoms with van der Waals surface area (Å²) in [6.07, 6.45) is 2.11. The third-order valence-electron chi connectivity index (χ3n) is 4.02. The quantitative estimate of drug-likeness (QED) is 0.761. The zero-order chi connectivity index (χ0) is 18.4. The van der Waals surface area contributed by atoms with Crippen LogP contribution in [0, 0.1) is 5.92 Å². The summed E-state index contributed by atoms with van der Waals surface area (Å²) in [6.45, 7) is 0.240. The fourth-order valence-electron chi connectivity index (χ4n) is 2.48. The Hall–Kier alpha value is -3.02. The van der Waals surface area contributed by atoms with Gasteiger partial charge in [0.05, 0.1) is 20.1 Å². The van der Waals surface area contributed by atoms with E-state index in [0.29, 0.717) is 22.9 Å². The van der Waals surface area contributed by atoms with E-state index < -0.39 is 0 Å². The van der Waals surface area contributed by atoms with Gasteiger partial charge >= 0.3 is 0 Å². The molecule has 1 saturated carbocycles. The van der Waals surface area contributed by atoms with Crippen molar-refractivity contribution in [1.29, 1.82) is 0 Å². The summed E-state index contributed by atoms with van der Waals surface area (Å²) < 4.78 is 10.8. The predicted molar refractivity (Wildman–Crippen MR) is 99.5 cm³/mol. The molecule has 0 aliphatic heterocycles. The molecule has 2 aromatic carbocycles. The minimum absolute atomic E-state index is 0.0404. The van der Waals surface area contributed by atoms with Crippen molar-refractivity contribution in [2.75, 3.05) is 24.4 Å². The van der Waals surface area contributed by atoms with Crippen molar-refractivity contribution >= 4 is 23.2 Å². The minimum Gasteiger partial charge on any atom is -0.493 e. The molecule has 2 amide bonds. The fourth-order valence-corrected chi connectivity index (χ4v) is 2.48. The molecule has 3 rings (SSSR count). The van der Waals surface area contributed by atoms with Crippen molar-refractivity contribution in [2.45, 2.75) is 19.3 Å². The van der Waals surface area contributed by atoms with Crippen LogP contribution in [0.3, 0.4) is 0 Å². The predicted octanol–water partition coefficient (Wildman–Crippen LogP) is 3.45. The van der Waals surface area contributed by atoms with Crippen molar-refractivity contribution in [3.05, 3.63) is 48.5 Å². The van der Waals surface area contributed by atoms with Crippen LogP contribution in [0.2, 0.25) is 0 Å². The Morgan fingerprint density at radius 3 is 2.38 bits per heavy atom. The molecule has 2 N–H and O–H groups in total. The topological polar surface area (TPSA) is 76.7 Å². The van der Waals surface area contributed by atoms with Crippen molar-refractivity contribution < 1.29 is 19.1 Å². The lowest BCUT2D eigenvalue weighted by Gasteiger charge is -2.11. The van der Waals surface area contributed by atoms with E-state index in [2.05, 4.69) is 10.6 Å². The average Bonchev–Trinajstić information content (AvgIpc) is 3.47. The highest BCUT2D eigenvalue weighted by Crippen LogP contribution is 2.30. The van der Waals surface area contributed by atoms with Gasteiger partial charge in [-0.3, -0.25) is 9.59 Å². The van der Waals surface area contributed by atoms with Gasteiger partial charge in [-0.2, -0.15) is 0 Å². The maximum atomic E-state index is 12.1. The summed E-state index contributed by atoms with van der Waals surface area (Å²) in [5.41, 5.74) is 1.32. The molecule has 26 heavy (non-hydrogen) atoms. The summed E-state index contributed by atoms with van der Waals surface area (Å²) in [6, 6.07) is 14.4. The smallest absolute Gasteiger partial charge is 0.227 e. The number of carbonyl (C=O) groups is 2. The molecule has 1 aliphatic rings. The van der Waals surface area contributed by atoms with Crippen molar-refractivity contribution in [3.8, 4) is 11.5 Å². The fraction of sp³-hybridized carbons (Fsp3) is 0.300. The van der Waals surface area contributed by atoms with E-state index in [1.807, 2.05) is 12.1 Å². The average molecular weight is 354 g/mol. The highest BCUT2D eigenvalue weighted by Gasteiger charge is 2.29. The first-order valence-electron chi connectivity index (χ1n) is 8.62. The number of para-hydroxylation sites is 2. The Kier molecular flexibility index (Phi) is 5.73. The van der Waals surface area contributed by atoms with Gasteiger partial charge in [-0.1, -0.05) is 18.2 Å². The summed E-state index contributed by atoms with van der Waals surface area (Å²) in [5.74, 6) is 1.25. The Labute approximate surface area is 152 Å². The van der Waals surface area contributed by atoms with Crippen LogP contribution in [0.25, 0.3) is 0 Å². The molecule has 0 radical (unpaired) electrons. The third kappa shape index (κ3) is 4.99. The second kappa shape index (κ2) is 8.38. The molecule has 1 fully saturated rings. The van der Waals surface area contributed by atoms with Crippen LogP contribution in [0.4, 0.5) is 11.4 Å². The lowest BCUT2D eigenvalue weighted by Crippen LogP contribution is -2.16. The zero-order valence-corrected chi connectivity index (χ0v) is 14.7. The first-order valence-corrected chi connectivity index (χ1v) is 8.62. The molecule has 0 bridgehead atoms. The number of ether oxygens (including phenoxy) is 2. The van der Waals surface area contributed by atoms with Gasteiger partial charge in [0.1, 0.15) is 0 Å². The van der Waals surface area contributed by atoms with Gasteiger partial charge in [0.15, 0.2) is 11.5 Å². The lowest BCUT2D eigenvalue weighted by molar-refractivity contribution is -0.117. The van der Waals surface area contributed by atoms with Crippen molar-refractivity contribution in [3.63, 3.8) is 0 Å². The van der Waals surface area contributed by atoms with Crippen LogP contribution < -0.4 is 20.1 Å². The van der Waals surface area contributed by atoms with E-state index in [-0.39, 0.29) is 30.8 Å². The largest absolute Gasteiger partial charge is 0.493 e. The molecule has 6 nitrogen and oxygen atoms in total. The van der Waals surface area contributed by atoms with Crippen LogP contribution in [0.1, 0.15) is 19.3 Å². The molecule has 0 atom stereocenters. The first kappa shape index (κ1) is 17.8. The van der Waals surface area contributed by atoms with Gasteiger partial charge in [0.2, 0.25) is 11.8 Å². The first-order chi connectivity index (χ1) is 12.7. The summed E-state index contributed by atoms with van der Waals surface area (Å²) in [5, 5.41) is 5.68. The second-order valence-corrected chi connectivity index (χ2v) is 6.14. The number of nitrogens with one attached hydrogen (secondary N) is 2. The molecule has 0 saturated heterocycles. The second-order valence-electron chi connectivity index (χ2n) is 6.14. The highest BCUT2D eigenvalue weighted by atomic mass is 16.5. The van der Waals surface area contributed by atoms with Gasteiger partial charge in [0, 0.05) is 17.3 Å². The molecule has 2 aromatic rings. The van der Waals surface area contributed by atoms with Crippen LogP contribution >= 0.6 is 0 Å². The number of benzene rings is 2. The van der Waals surface area contributed by atoms with Crippen molar-refractivity contribution in [2.24, 2.45) is 5.92 Å². The summed E-state index contributed by atoms with van der Waals surface area (Å²) in [4.78, 5) is 23.9. The number of amides is 2. The van der Waals surface area contributed by atoms with Gasteiger partial charge in [-0.15, -0.1) is 0 Å². The number of anilines is 2. The van der Waals surface area contributed by atoms with E-state index in [1.165, 1.54) is 0 Å². The lowest BCUT2D eigenvalue weighted by atomic mass is 10.2. The number of hydrogen-bond donors (Lipinski definition) is 2. The molecule has 6 heteroatoms. The Morgan fingerprint density at radius 1 is 1.00 bits per heavy atom. The highest BCUT2D eigenvalue weighted by molar-refractivity contribution is 5.95. The Balaban J connectivity index is 1.47. The minimum atomic E-state index is -0.162. The molecule has 0 spiro atoms. The van der Waals surface area contributed by atoms with Crippen LogP contribution in [0.5, 0.6) is 11.5 Å². The molecule has 136 valence electrons.